The second-order valence-corrected chi connectivity index (χ2v) is 3.36. The van der Waals surface area contributed by atoms with Crippen LogP contribution in [0.5, 0.6) is 17.2 Å². The molecule has 1 aromatic rings. The first kappa shape index (κ1) is 13.9. The fourth-order valence-electron chi connectivity index (χ4n) is 1.45. The largest absolute Gasteiger partial charge is 0.493 e. The summed E-state index contributed by atoms with van der Waals surface area (Å²) < 4.78 is 15.8. The zero-order valence-corrected chi connectivity index (χ0v) is 10.6. The number of aliphatic carboxylic acids is 1. The number of carboxylic acids is 1. The molecule has 1 aromatic carbocycles. The van der Waals surface area contributed by atoms with Crippen molar-refractivity contribution >= 4 is 12.0 Å². The summed E-state index contributed by atoms with van der Waals surface area (Å²) in [7, 11) is 3.03. The second-order valence-electron chi connectivity index (χ2n) is 3.36. The Kier molecular flexibility index (Phi) is 5.05. The SMILES string of the molecule is CCOc1c(OC)cc(C=CC(=O)O)cc1OC. The summed E-state index contributed by atoms with van der Waals surface area (Å²) in [6.45, 7) is 2.34. The topological polar surface area (TPSA) is 65.0 Å². The minimum atomic E-state index is -1.01. The predicted octanol–water partition coefficient (Wildman–Crippen LogP) is 2.20. The maximum Gasteiger partial charge on any atom is 0.328 e. The van der Waals surface area contributed by atoms with Gasteiger partial charge in [-0.05, 0) is 30.7 Å². The summed E-state index contributed by atoms with van der Waals surface area (Å²) in [4.78, 5) is 10.5. The number of hydrogen-bond acceptors (Lipinski definition) is 4. The van der Waals surface area contributed by atoms with Gasteiger partial charge in [-0.1, -0.05) is 0 Å². The van der Waals surface area contributed by atoms with Crippen molar-refractivity contribution in [2.45, 2.75) is 6.92 Å². The average Bonchev–Trinajstić information content (AvgIpc) is 2.37. The van der Waals surface area contributed by atoms with Crippen LogP contribution in [0.25, 0.3) is 6.08 Å². The fraction of sp³-hybridized carbons (Fsp3) is 0.308. The Morgan fingerprint density at radius 3 is 2.22 bits per heavy atom. The van der Waals surface area contributed by atoms with Gasteiger partial charge >= 0.3 is 5.97 Å². The molecule has 5 nitrogen and oxygen atoms in total. The zero-order valence-electron chi connectivity index (χ0n) is 10.6. The number of ether oxygens (including phenoxy) is 3. The Balaban J connectivity index is 3.21. The van der Waals surface area contributed by atoms with E-state index in [4.69, 9.17) is 19.3 Å². The molecule has 0 radical (unpaired) electrons. The van der Waals surface area contributed by atoms with E-state index in [9.17, 15) is 4.79 Å². The molecule has 18 heavy (non-hydrogen) atoms. The van der Waals surface area contributed by atoms with E-state index in [1.165, 1.54) is 20.3 Å². The van der Waals surface area contributed by atoms with Crippen molar-refractivity contribution in [3.8, 4) is 17.2 Å². The third kappa shape index (κ3) is 3.41. The molecular formula is C13H16O5. The van der Waals surface area contributed by atoms with Crippen LogP contribution < -0.4 is 14.2 Å². The van der Waals surface area contributed by atoms with E-state index in [1.54, 1.807) is 12.1 Å². The van der Waals surface area contributed by atoms with Gasteiger partial charge in [0.25, 0.3) is 0 Å². The van der Waals surface area contributed by atoms with Gasteiger partial charge < -0.3 is 19.3 Å². The number of rotatable bonds is 6. The van der Waals surface area contributed by atoms with Gasteiger partial charge in [0.1, 0.15) is 0 Å². The van der Waals surface area contributed by atoms with Gasteiger partial charge in [-0.2, -0.15) is 0 Å². The first-order valence-corrected chi connectivity index (χ1v) is 5.42. The van der Waals surface area contributed by atoms with Gasteiger partial charge in [-0.3, -0.25) is 0 Å². The van der Waals surface area contributed by atoms with Crippen molar-refractivity contribution < 1.29 is 24.1 Å². The van der Waals surface area contributed by atoms with Gasteiger partial charge in [0, 0.05) is 6.08 Å². The number of hydrogen-bond donors (Lipinski definition) is 1. The molecule has 0 unspecified atom stereocenters. The minimum Gasteiger partial charge on any atom is -0.493 e. The van der Waals surface area contributed by atoms with E-state index in [0.717, 1.165) is 6.08 Å². The highest BCUT2D eigenvalue weighted by atomic mass is 16.5. The second kappa shape index (κ2) is 6.54. The number of benzene rings is 1. The molecule has 0 saturated heterocycles. The van der Waals surface area contributed by atoms with Crippen LogP contribution in [0.4, 0.5) is 0 Å². The molecule has 0 amide bonds. The highest BCUT2D eigenvalue weighted by molar-refractivity contribution is 5.85. The van der Waals surface area contributed by atoms with Crippen LogP contribution in [0.2, 0.25) is 0 Å². The monoisotopic (exact) mass is 252 g/mol. The lowest BCUT2D eigenvalue weighted by molar-refractivity contribution is -0.131. The van der Waals surface area contributed by atoms with Gasteiger partial charge in [0.15, 0.2) is 11.5 Å². The Bertz CT molecular complexity index is 426. The van der Waals surface area contributed by atoms with Crippen molar-refractivity contribution in [1.82, 2.24) is 0 Å². The molecule has 0 aliphatic heterocycles. The summed E-state index contributed by atoms with van der Waals surface area (Å²) in [5.41, 5.74) is 0.662. The van der Waals surface area contributed by atoms with Gasteiger partial charge in [-0.25, -0.2) is 4.79 Å². The van der Waals surface area contributed by atoms with Crippen molar-refractivity contribution in [3.05, 3.63) is 23.8 Å². The summed E-state index contributed by atoms with van der Waals surface area (Å²) >= 11 is 0. The van der Waals surface area contributed by atoms with E-state index >= 15 is 0 Å². The number of carbonyl (C=O) groups is 1. The molecule has 0 aliphatic carbocycles. The van der Waals surface area contributed by atoms with E-state index in [1.807, 2.05) is 6.92 Å². The van der Waals surface area contributed by atoms with Gasteiger partial charge in [-0.15, -0.1) is 0 Å². The zero-order chi connectivity index (χ0) is 13.5. The van der Waals surface area contributed by atoms with Crippen molar-refractivity contribution in [2.75, 3.05) is 20.8 Å². The Morgan fingerprint density at radius 1 is 1.28 bits per heavy atom. The molecule has 1 rings (SSSR count). The van der Waals surface area contributed by atoms with E-state index in [0.29, 0.717) is 29.4 Å². The smallest absolute Gasteiger partial charge is 0.328 e. The summed E-state index contributed by atoms with van der Waals surface area (Å²) in [5.74, 6) is 0.499. The van der Waals surface area contributed by atoms with Crippen LogP contribution >= 0.6 is 0 Å². The first-order valence-electron chi connectivity index (χ1n) is 5.42. The lowest BCUT2D eigenvalue weighted by atomic mass is 10.1. The Morgan fingerprint density at radius 2 is 1.83 bits per heavy atom. The van der Waals surface area contributed by atoms with Crippen LogP contribution in [-0.2, 0) is 4.79 Å². The Hall–Kier alpha value is -2.17. The normalized spacial score (nSPS) is 10.4. The molecule has 98 valence electrons. The molecular weight excluding hydrogens is 236 g/mol. The molecule has 5 heteroatoms. The quantitative estimate of drug-likeness (QED) is 0.786. The summed E-state index contributed by atoms with van der Waals surface area (Å²) in [5, 5.41) is 8.59. The minimum absolute atomic E-state index is 0.483. The van der Waals surface area contributed by atoms with Crippen LogP contribution in [0.15, 0.2) is 18.2 Å². The molecule has 0 atom stereocenters. The molecule has 0 fully saturated rings. The van der Waals surface area contributed by atoms with E-state index in [-0.39, 0.29) is 0 Å². The number of methoxy groups -OCH3 is 2. The summed E-state index contributed by atoms with van der Waals surface area (Å²) in [6.07, 6.45) is 2.51. The highest BCUT2D eigenvalue weighted by Gasteiger charge is 2.12. The van der Waals surface area contributed by atoms with Crippen LogP contribution in [0.3, 0.4) is 0 Å². The molecule has 1 N–H and O–H groups in total. The molecule has 0 heterocycles. The lowest BCUT2D eigenvalue weighted by Gasteiger charge is -2.14. The third-order valence-electron chi connectivity index (χ3n) is 2.19. The predicted molar refractivity (Wildman–Crippen MR) is 67.4 cm³/mol. The lowest BCUT2D eigenvalue weighted by Crippen LogP contribution is -1.99. The summed E-state index contributed by atoms with van der Waals surface area (Å²) in [6, 6.07) is 3.37. The van der Waals surface area contributed by atoms with Crippen molar-refractivity contribution in [2.24, 2.45) is 0 Å². The maximum atomic E-state index is 10.5. The van der Waals surface area contributed by atoms with Crippen LogP contribution in [0.1, 0.15) is 12.5 Å². The van der Waals surface area contributed by atoms with Crippen LogP contribution in [0, 0.1) is 0 Å². The fourth-order valence-corrected chi connectivity index (χ4v) is 1.45. The van der Waals surface area contributed by atoms with Gasteiger partial charge in [0.05, 0.1) is 20.8 Å². The van der Waals surface area contributed by atoms with Gasteiger partial charge in [0.2, 0.25) is 5.75 Å². The molecule has 0 spiro atoms. The maximum absolute atomic E-state index is 10.5. The molecule has 0 aromatic heterocycles. The third-order valence-corrected chi connectivity index (χ3v) is 2.19. The molecule has 0 bridgehead atoms. The average molecular weight is 252 g/mol. The van der Waals surface area contributed by atoms with Crippen LogP contribution in [-0.4, -0.2) is 31.9 Å². The highest BCUT2D eigenvalue weighted by Crippen LogP contribution is 2.38. The number of carboxylic acid groups (broad SMARTS) is 1. The first-order chi connectivity index (χ1) is 8.62. The molecule has 0 aliphatic rings. The van der Waals surface area contributed by atoms with E-state index < -0.39 is 5.97 Å². The van der Waals surface area contributed by atoms with Crippen molar-refractivity contribution in [1.29, 1.82) is 0 Å². The standard InChI is InChI=1S/C13H16O5/c1-4-18-13-10(16-2)7-9(5-6-12(14)15)8-11(13)17-3/h5-8H,4H2,1-3H3,(H,14,15). The Labute approximate surface area is 106 Å². The molecule has 0 saturated carbocycles. The van der Waals surface area contributed by atoms with E-state index in [2.05, 4.69) is 0 Å². The van der Waals surface area contributed by atoms with Crippen molar-refractivity contribution in [3.63, 3.8) is 0 Å².